The van der Waals surface area contributed by atoms with Gasteiger partial charge < -0.3 is 14.6 Å². The van der Waals surface area contributed by atoms with Gasteiger partial charge in [-0.25, -0.2) is 4.79 Å². The van der Waals surface area contributed by atoms with Gasteiger partial charge in [0.25, 0.3) is 0 Å². The van der Waals surface area contributed by atoms with Gasteiger partial charge in [0.15, 0.2) is 11.5 Å². The fraction of sp³-hybridized carbons (Fsp3) is 0.118. The van der Waals surface area contributed by atoms with Crippen LogP contribution >= 0.6 is 11.6 Å². The second-order valence-corrected chi connectivity index (χ2v) is 4.88. The summed E-state index contributed by atoms with van der Waals surface area (Å²) in [6.45, 7) is 0. The molecule has 4 nitrogen and oxygen atoms in total. The molecule has 0 heterocycles. The van der Waals surface area contributed by atoms with E-state index in [-0.39, 0.29) is 0 Å². The van der Waals surface area contributed by atoms with Gasteiger partial charge in [0.2, 0.25) is 0 Å². The SMILES string of the molecule is COc1cccc(C(=CC(=O)O)c2cccc(Cl)c2)c1OC. The molecule has 1 N–H and O–H groups in total. The first kappa shape index (κ1) is 15.9. The average molecular weight is 319 g/mol. The van der Waals surface area contributed by atoms with Crippen molar-refractivity contribution >= 4 is 23.1 Å². The largest absolute Gasteiger partial charge is 0.493 e. The second-order valence-electron chi connectivity index (χ2n) is 4.45. The highest BCUT2D eigenvalue weighted by Crippen LogP contribution is 2.38. The third-order valence-corrected chi connectivity index (χ3v) is 3.33. The first-order valence-corrected chi connectivity index (χ1v) is 6.86. The number of benzene rings is 2. The van der Waals surface area contributed by atoms with E-state index in [4.69, 9.17) is 21.1 Å². The quantitative estimate of drug-likeness (QED) is 0.850. The van der Waals surface area contributed by atoms with Crippen LogP contribution in [0.1, 0.15) is 11.1 Å². The Morgan fingerprint density at radius 2 is 1.86 bits per heavy atom. The monoisotopic (exact) mass is 318 g/mol. The molecule has 0 saturated carbocycles. The topological polar surface area (TPSA) is 55.8 Å². The van der Waals surface area contributed by atoms with Crippen LogP contribution in [0.25, 0.3) is 5.57 Å². The van der Waals surface area contributed by atoms with Crippen molar-refractivity contribution in [2.45, 2.75) is 0 Å². The smallest absolute Gasteiger partial charge is 0.328 e. The van der Waals surface area contributed by atoms with Crippen molar-refractivity contribution in [1.82, 2.24) is 0 Å². The van der Waals surface area contributed by atoms with Crippen LogP contribution in [0.4, 0.5) is 0 Å². The van der Waals surface area contributed by atoms with Gasteiger partial charge in [-0.2, -0.15) is 0 Å². The van der Waals surface area contributed by atoms with Crippen LogP contribution in [-0.2, 0) is 4.79 Å². The maximum Gasteiger partial charge on any atom is 0.328 e. The lowest BCUT2D eigenvalue weighted by Gasteiger charge is -2.15. The lowest BCUT2D eigenvalue weighted by Crippen LogP contribution is -1.99. The normalized spacial score (nSPS) is 11.1. The van der Waals surface area contributed by atoms with E-state index in [1.165, 1.54) is 14.2 Å². The highest BCUT2D eigenvalue weighted by molar-refractivity contribution is 6.30. The van der Waals surface area contributed by atoms with Crippen LogP contribution in [-0.4, -0.2) is 25.3 Å². The second kappa shape index (κ2) is 7.00. The Balaban J connectivity index is 2.69. The van der Waals surface area contributed by atoms with E-state index in [0.29, 0.717) is 33.2 Å². The molecule has 0 aromatic heterocycles. The first-order chi connectivity index (χ1) is 10.6. The molecule has 5 heteroatoms. The molecular formula is C17H15ClO4. The Morgan fingerprint density at radius 3 is 2.45 bits per heavy atom. The summed E-state index contributed by atoms with van der Waals surface area (Å²) >= 11 is 6.01. The Hall–Kier alpha value is -2.46. The van der Waals surface area contributed by atoms with Gasteiger partial charge in [-0.05, 0) is 29.3 Å². The van der Waals surface area contributed by atoms with Gasteiger partial charge >= 0.3 is 5.97 Å². The van der Waals surface area contributed by atoms with Crippen LogP contribution in [0, 0.1) is 0 Å². The number of ether oxygens (including phenoxy) is 2. The molecule has 0 atom stereocenters. The summed E-state index contributed by atoms with van der Waals surface area (Å²) in [6, 6.07) is 12.3. The maximum absolute atomic E-state index is 11.2. The zero-order valence-corrected chi connectivity index (χ0v) is 12.9. The number of carbonyl (C=O) groups is 1. The predicted octanol–water partition coefficient (Wildman–Crippen LogP) is 3.87. The summed E-state index contributed by atoms with van der Waals surface area (Å²) in [7, 11) is 3.04. The van der Waals surface area contributed by atoms with Crippen molar-refractivity contribution in [3.63, 3.8) is 0 Å². The molecule has 0 bridgehead atoms. The van der Waals surface area contributed by atoms with Gasteiger partial charge in [0, 0.05) is 16.7 Å². The summed E-state index contributed by atoms with van der Waals surface area (Å²) in [4.78, 5) is 11.2. The third kappa shape index (κ3) is 3.40. The fourth-order valence-corrected chi connectivity index (χ4v) is 2.39. The molecule has 22 heavy (non-hydrogen) atoms. The molecule has 114 valence electrons. The van der Waals surface area contributed by atoms with E-state index in [2.05, 4.69) is 0 Å². The molecule has 0 fully saturated rings. The molecule has 0 radical (unpaired) electrons. The van der Waals surface area contributed by atoms with Crippen molar-refractivity contribution in [3.8, 4) is 11.5 Å². The van der Waals surface area contributed by atoms with Crippen LogP contribution in [0.3, 0.4) is 0 Å². The number of hydrogen-bond acceptors (Lipinski definition) is 3. The molecular weight excluding hydrogens is 304 g/mol. The zero-order chi connectivity index (χ0) is 16.1. The van der Waals surface area contributed by atoms with E-state index < -0.39 is 5.97 Å². The minimum absolute atomic E-state index is 0.470. The third-order valence-electron chi connectivity index (χ3n) is 3.10. The molecule has 0 aliphatic heterocycles. The van der Waals surface area contributed by atoms with Crippen molar-refractivity contribution in [2.24, 2.45) is 0 Å². The molecule has 0 saturated heterocycles. The van der Waals surface area contributed by atoms with Crippen molar-refractivity contribution in [3.05, 3.63) is 64.7 Å². The Labute approximate surface area is 133 Å². The lowest BCUT2D eigenvalue weighted by atomic mass is 9.96. The van der Waals surface area contributed by atoms with Gasteiger partial charge in [0.1, 0.15) is 0 Å². The van der Waals surface area contributed by atoms with Crippen molar-refractivity contribution < 1.29 is 19.4 Å². The summed E-state index contributed by atoms with van der Waals surface area (Å²) in [5.74, 6) is -0.0596. The summed E-state index contributed by atoms with van der Waals surface area (Å²) < 4.78 is 10.7. The van der Waals surface area contributed by atoms with E-state index in [1.807, 2.05) is 0 Å². The standard InChI is InChI=1S/C17H15ClO4/c1-21-15-8-4-7-13(17(15)22-2)14(10-16(19)20)11-5-3-6-12(18)9-11/h3-10H,1-2H3,(H,19,20). The molecule has 0 aliphatic carbocycles. The molecule has 2 aromatic carbocycles. The van der Waals surface area contributed by atoms with E-state index in [1.54, 1.807) is 42.5 Å². The molecule has 2 rings (SSSR count). The minimum atomic E-state index is -1.06. The number of aliphatic carboxylic acids is 1. The van der Waals surface area contributed by atoms with Gasteiger partial charge in [-0.15, -0.1) is 0 Å². The van der Waals surface area contributed by atoms with Crippen LogP contribution in [0.5, 0.6) is 11.5 Å². The number of halogens is 1. The highest BCUT2D eigenvalue weighted by atomic mass is 35.5. The molecule has 2 aromatic rings. The fourth-order valence-electron chi connectivity index (χ4n) is 2.20. The van der Waals surface area contributed by atoms with Gasteiger partial charge in [-0.3, -0.25) is 0 Å². The van der Waals surface area contributed by atoms with Crippen molar-refractivity contribution in [1.29, 1.82) is 0 Å². The lowest BCUT2D eigenvalue weighted by molar-refractivity contribution is -0.131. The maximum atomic E-state index is 11.2. The molecule has 0 amide bonds. The van der Waals surface area contributed by atoms with E-state index in [0.717, 1.165) is 6.08 Å². The number of para-hydroxylation sites is 1. The predicted molar refractivity (Wildman–Crippen MR) is 85.7 cm³/mol. The van der Waals surface area contributed by atoms with Gasteiger partial charge in [-0.1, -0.05) is 35.9 Å². The number of hydrogen-bond donors (Lipinski definition) is 1. The average Bonchev–Trinajstić information content (AvgIpc) is 2.51. The van der Waals surface area contributed by atoms with Crippen LogP contribution in [0.2, 0.25) is 5.02 Å². The van der Waals surface area contributed by atoms with Crippen LogP contribution < -0.4 is 9.47 Å². The van der Waals surface area contributed by atoms with E-state index in [9.17, 15) is 9.90 Å². The Bertz CT molecular complexity index is 722. The zero-order valence-electron chi connectivity index (χ0n) is 12.2. The summed E-state index contributed by atoms with van der Waals surface area (Å²) in [6.07, 6.45) is 1.13. The molecule has 0 aliphatic rings. The Kier molecular flexibility index (Phi) is 5.07. The Morgan fingerprint density at radius 1 is 1.14 bits per heavy atom. The van der Waals surface area contributed by atoms with Crippen LogP contribution in [0.15, 0.2) is 48.5 Å². The number of rotatable bonds is 5. The summed E-state index contributed by atoms with van der Waals surface area (Å²) in [5.41, 5.74) is 1.79. The number of carboxylic acids is 1. The van der Waals surface area contributed by atoms with Crippen molar-refractivity contribution in [2.75, 3.05) is 14.2 Å². The first-order valence-electron chi connectivity index (χ1n) is 6.48. The van der Waals surface area contributed by atoms with Gasteiger partial charge in [0.05, 0.1) is 14.2 Å². The minimum Gasteiger partial charge on any atom is -0.493 e. The summed E-state index contributed by atoms with van der Waals surface area (Å²) in [5, 5.41) is 9.71. The highest BCUT2D eigenvalue weighted by Gasteiger charge is 2.16. The molecule has 0 unspecified atom stereocenters. The number of methoxy groups -OCH3 is 2. The molecule has 0 spiro atoms. The number of carboxylic acid groups (broad SMARTS) is 1. The van der Waals surface area contributed by atoms with E-state index >= 15 is 0 Å².